The van der Waals surface area contributed by atoms with Crippen molar-refractivity contribution in [3.8, 4) is 0 Å². The molecule has 0 atom stereocenters. The maximum Gasteiger partial charge on any atom is 0.325 e. The minimum absolute atomic E-state index is 0.152. The summed E-state index contributed by atoms with van der Waals surface area (Å²) in [5.74, 6) is -0.302. The fourth-order valence-electron chi connectivity index (χ4n) is 0.758. The number of carbonyl (C=O) groups excluding carboxylic acids is 1. The third-order valence-corrected chi connectivity index (χ3v) is 2.06. The summed E-state index contributed by atoms with van der Waals surface area (Å²) in [7, 11) is 1.35. The Hall–Kier alpha value is -1.10. The van der Waals surface area contributed by atoms with E-state index in [2.05, 4.69) is 31.0 Å². The number of aromatic nitrogens is 1. The standard InChI is InChI=1S/C8H9BrN2O2/c1-13-8(12)5-11-7-2-3-10-4-6(7)9/h2-4H,5H2,1H3,(H,10,11). The van der Waals surface area contributed by atoms with Gasteiger partial charge in [0.05, 0.1) is 17.3 Å². The highest BCUT2D eigenvalue weighted by molar-refractivity contribution is 9.10. The van der Waals surface area contributed by atoms with Crippen molar-refractivity contribution in [2.45, 2.75) is 0 Å². The van der Waals surface area contributed by atoms with Crippen molar-refractivity contribution in [2.75, 3.05) is 19.0 Å². The Morgan fingerprint density at radius 3 is 3.15 bits per heavy atom. The maximum atomic E-state index is 10.8. The number of nitrogens with zero attached hydrogens (tertiary/aromatic N) is 1. The third kappa shape index (κ3) is 3.02. The van der Waals surface area contributed by atoms with E-state index in [0.29, 0.717) is 0 Å². The second kappa shape index (κ2) is 4.81. The van der Waals surface area contributed by atoms with Crippen molar-refractivity contribution >= 4 is 27.6 Å². The van der Waals surface area contributed by atoms with Crippen LogP contribution in [-0.4, -0.2) is 24.6 Å². The number of hydrogen-bond donors (Lipinski definition) is 1. The lowest BCUT2D eigenvalue weighted by Crippen LogP contribution is -2.15. The molecule has 1 N–H and O–H groups in total. The SMILES string of the molecule is COC(=O)CNc1ccncc1Br. The van der Waals surface area contributed by atoms with E-state index < -0.39 is 0 Å². The summed E-state index contributed by atoms with van der Waals surface area (Å²) in [6.45, 7) is 0.152. The molecule has 0 fully saturated rings. The van der Waals surface area contributed by atoms with Crippen LogP contribution in [0.2, 0.25) is 0 Å². The number of esters is 1. The van der Waals surface area contributed by atoms with Gasteiger partial charge >= 0.3 is 5.97 Å². The van der Waals surface area contributed by atoms with Crippen molar-refractivity contribution < 1.29 is 9.53 Å². The Balaban J connectivity index is 2.54. The summed E-state index contributed by atoms with van der Waals surface area (Å²) in [4.78, 5) is 14.7. The minimum atomic E-state index is -0.302. The van der Waals surface area contributed by atoms with Crippen molar-refractivity contribution in [2.24, 2.45) is 0 Å². The molecule has 1 aromatic heterocycles. The van der Waals surface area contributed by atoms with Crippen LogP contribution in [0.15, 0.2) is 22.9 Å². The molecule has 0 aromatic carbocycles. The lowest BCUT2D eigenvalue weighted by Gasteiger charge is -2.05. The molecule has 0 aliphatic carbocycles. The number of hydrogen-bond acceptors (Lipinski definition) is 4. The van der Waals surface area contributed by atoms with Gasteiger partial charge in [-0.1, -0.05) is 0 Å². The van der Waals surface area contributed by atoms with E-state index in [1.807, 2.05) is 0 Å². The van der Waals surface area contributed by atoms with Crippen molar-refractivity contribution in [1.29, 1.82) is 0 Å². The first-order chi connectivity index (χ1) is 6.24. The predicted molar refractivity (Wildman–Crippen MR) is 52.4 cm³/mol. The van der Waals surface area contributed by atoms with E-state index in [1.54, 1.807) is 18.5 Å². The number of methoxy groups -OCH3 is 1. The molecule has 0 saturated heterocycles. The highest BCUT2D eigenvalue weighted by Crippen LogP contribution is 2.19. The first-order valence-corrected chi connectivity index (χ1v) is 4.43. The molecule has 0 bridgehead atoms. The van der Waals surface area contributed by atoms with Gasteiger partial charge in [0.1, 0.15) is 6.54 Å². The quantitative estimate of drug-likeness (QED) is 0.818. The van der Waals surface area contributed by atoms with Crippen LogP contribution in [0.5, 0.6) is 0 Å². The second-order valence-electron chi connectivity index (χ2n) is 2.29. The molecule has 0 spiro atoms. The molecule has 0 aliphatic rings. The highest BCUT2D eigenvalue weighted by Gasteiger charge is 2.01. The van der Waals surface area contributed by atoms with Crippen LogP contribution < -0.4 is 5.32 Å². The van der Waals surface area contributed by atoms with Gasteiger partial charge in [0.15, 0.2) is 0 Å². The second-order valence-corrected chi connectivity index (χ2v) is 3.14. The Morgan fingerprint density at radius 2 is 2.54 bits per heavy atom. The number of halogens is 1. The molecule has 13 heavy (non-hydrogen) atoms. The number of anilines is 1. The van der Waals surface area contributed by atoms with Gasteiger partial charge in [-0.25, -0.2) is 0 Å². The zero-order chi connectivity index (χ0) is 9.68. The van der Waals surface area contributed by atoms with Crippen LogP contribution in [0.3, 0.4) is 0 Å². The lowest BCUT2D eigenvalue weighted by atomic mass is 10.4. The van der Waals surface area contributed by atoms with Crippen LogP contribution in [0.4, 0.5) is 5.69 Å². The fraction of sp³-hybridized carbons (Fsp3) is 0.250. The molecule has 1 rings (SSSR count). The Labute approximate surface area is 84.4 Å². The Morgan fingerprint density at radius 1 is 1.77 bits per heavy atom. The summed E-state index contributed by atoms with van der Waals surface area (Å²) in [5.41, 5.74) is 0.820. The van der Waals surface area contributed by atoms with Gasteiger partial charge in [-0.15, -0.1) is 0 Å². The Kier molecular flexibility index (Phi) is 3.70. The average Bonchev–Trinajstić information content (AvgIpc) is 2.16. The molecule has 5 heteroatoms. The average molecular weight is 245 g/mol. The lowest BCUT2D eigenvalue weighted by molar-refractivity contribution is -0.138. The molecule has 0 unspecified atom stereocenters. The summed E-state index contributed by atoms with van der Waals surface area (Å²) < 4.78 is 5.30. The van der Waals surface area contributed by atoms with Crippen LogP contribution in [0.1, 0.15) is 0 Å². The maximum absolute atomic E-state index is 10.8. The van der Waals surface area contributed by atoms with E-state index in [-0.39, 0.29) is 12.5 Å². The molecule has 0 aliphatic heterocycles. The summed E-state index contributed by atoms with van der Waals surface area (Å²) in [5, 5.41) is 2.90. The van der Waals surface area contributed by atoms with Crippen LogP contribution >= 0.6 is 15.9 Å². The van der Waals surface area contributed by atoms with Crippen molar-refractivity contribution in [3.05, 3.63) is 22.9 Å². The zero-order valence-corrected chi connectivity index (χ0v) is 8.67. The third-order valence-electron chi connectivity index (χ3n) is 1.42. The number of nitrogens with one attached hydrogen (secondary N) is 1. The van der Waals surface area contributed by atoms with Gasteiger partial charge in [0.2, 0.25) is 0 Å². The van der Waals surface area contributed by atoms with Gasteiger partial charge in [0, 0.05) is 12.4 Å². The van der Waals surface area contributed by atoms with E-state index in [9.17, 15) is 4.79 Å². The smallest absolute Gasteiger partial charge is 0.325 e. The van der Waals surface area contributed by atoms with Gasteiger partial charge < -0.3 is 10.1 Å². The zero-order valence-electron chi connectivity index (χ0n) is 7.08. The number of pyridine rings is 1. The minimum Gasteiger partial charge on any atom is -0.468 e. The largest absolute Gasteiger partial charge is 0.468 e. The summed E-state index contributed by atoms with van der Waals surface area (Å²) >= 11 is 3.29. The van der Waals surface area contributed by atoms with Crippen LogP contribution in [0, 0.1) is 0 Å². The number of carbonyl (C=O) groups is 1. The Bertz CT molecular complexity index is 304. The molecule has 1 heterocycles. The van der Waals surface area contributed by atoms with Gasteiger partial charge in [-0.3, -0.25) is 9.78 Å². The monoisotopic (exact) mass is 244 g/mol. The van der Waals surface area contributed by atoms with Gasteiger partial charge in [-0.05, 0) is 22.0 Å². The fourth-order valence-corrected chi connectivity index (χ4v) is 1.15. The molecule has 0 amide bonds. The van der Waals surface area contributed by atoms with Crippen LogP contribution in [-0.2, 0) is 9.53 Å². The van der Waals surface area contributed by atoms with Gasteiger partial charge in [-0.2, -0.15) is 0 Å². The molecular weight excluding hydrogens is 236 g/mol. The van der Waals surface area contributed by atoms with E-state index in [1.165, 1.54) is 7.11 Å². The topological polar surface area (TPSA) is 51.2 Å². The van der Waals surface area contributed by atoms with Crippen LogP contribution in [0.25, 0.3) is 0 Å². The highest BCUT2D eigenvalue weighted by atomic mass is 79.9. The first-order valence-electron chi connectivity index (χ1n) is 3.64. The molecular formula is C8H9BrN2O2. The normalized spacial score (nSPS) is 9.38. The number of ether oxygens (including phenoxy) is 1. The summed E-state index contributed by atoms with van der Waals surface area (Å²) in [6, 6.07) is 1.77. The van der Waals surface area contributed by atoms with E-state index in [4.69, 9.17) is 0 Å². The van der Waals surface area contributed by atoms with Crippen molar-refractivity contribution in [3.63, 3.8) is 0 Å². The van der Waals surface area contributed by atoms with Gasteiger partial charge in [0.25, 0.3) is 0 Å². The molecule has 1 aromatic rings. The van der Waals surface area contributed by atoms with Crippen molar-refractivity contribution in [1.82, 2.24) is 4.98 Å². The first kappa shape index (κ1) is 9.98. The predicted octanol–water partition coefficient (Wildman–Crippen LogP) is 1.43. The van der Waals surface area contributed by atoms with E-state index >= 15 is 0 Å². The molecule has 4 nitrogen and oxygen atoms in total. The summed E-state index contributed by atoms with van der Waals surface area (Å²) in [6.07, 6.45) is 3.30. The molecule has 0 saturated carbocycles. The van der Waals surface area contributed by atoms with E-state index in [0.717, 1.165) is 10.2 Å². The molecule has 0 radical (unpaired) electrons. The molecule has 70 valence electrons. The number of rotatable bonds is 3.